The first-order chi connectivity index (χ1) is 11.6. The minimum atomic E-state index is -0.245. The van der Waals surface area contributed by atoms with Gasteiger partial charge in [-0.3, -0.25) is 0 Å². The van der Waals surface area contributed by atoms with Gasteiger partial charge in [-0.2, -0.15) is 10.1 Å². The largest absolute Gasteiger partial charge is 0.324 e. The molecule has 5 heteroatoms. The van der Waals surface area contributed by atoms with E-state index in [-0.39, 0.29) is 11.9 Å². The molecule has 2 heterocycles. The van der Waals surface area contributed by atoms with Crippen LogP contribution in [0.4, 0.5) is 10.3 Å². The highest BCUT2D eigenvalue weighted by Crippen LogP contribution is 2.32. The third-order valence-corrected chi connectivity index (χ3v) is 4.44. The minimum absolute atomic E-state index is 0.124. The van der Waals surface area contributed by atoms with Gasteiger partial charge in [0.25, 0.3) is 0 Å². The van der Waals surface area contributed by atoms with Gasteiger partial charge in [0.1, 0.15) is 18.2 Å². The molecule has 24 heavy (non-hydrogen) atoms. The van der Waals surface area contributed by atoms with Crippen molar-refractivity contribution in [1.82, 2.24) is 14.8 Å². The van der Waals surface area contributed by atoms with Crippen molar-refractivity contribution in [3.63, 3.8) is 0 Å². The van der Waals surface area contributed by atoms with Crippen LogP contribution < -0.4 is 5.32 Å². The second-order valence-corrected chi connectivity index (χ2v) is 6.03. The lowest BCUT2D eigenvalue weighted by Crippen LogP contribution is -2.20. The van der Waals surface area contributed by atoms with E-state index in [0.717, 1.165) is 16.8 Å². The van der Waals surface area contributed by atoms with Crippen LogP contribution in [-0.2, 0) is 0 Å². The van der Waals surface area contributed by atoms with E-state index in [0.29, 0.717) is 5.95 Å². The lowest BCUT2D eigenvalue weighted by molar-refractivity contribution is 0.603. The molecular formula is C19H17FN4. The molecule has 1 atom stereocenters. The van der Waals surface area contributed by atoms with Crippen molar-refractivity contribution in [3.8, 4) is 0 Å². The normalized spacial score (nSPS) is 16.3. The number of benzene rings is 2. The summed E-state index contributed by atoms with van der Waals surface area (Å²) >= 11 is 0. The van der Waals surface area contributed by atoms with Gasteiger partial charge in [-0.25, -0.2) is 9.07 Å². The Morgan fingerprint density at radius 3 is 2.58 bits per heavy atom. The molecule has 1 aliphatic rings. The van der Waals surface area contributed by atoms with Gasteiger partial charge in [0.15, 0.2) is 0 Å². The number of anilines is 1. The smallest absolute Gasteiger partial charge is 0.226 e. The van der Waals surface area contributed by atoms with E-state index in [4.69, 9.17) is 0 Å². The molecule has 120 valence electrons. The third-order valence-electron chi connectivity index (χ3n) is 4.44. The van der Waals surface area contributed by atoms with Crippen molar-refractivity contribution >= 4 is 11.6 Å². The predicted octanol–water partition coefficient (Wildman–Crippen LogP) is 4.09. The molecule has 4 nitrogen and oxygen atoms in total. The van der Waals surface area contributed by atoms with Crippen LogP contribution in [0.3, 0.4) is 0 Å². The quantitative estimate of drug-likeness (QED) is 0.773. The fourth-order valence-electron chi connectivity index (χ4n) is 2.91. The Kier molecular flexibility index (Phi) is 3.41. The van der Waals surface area contributed by atoms with E-state index >= 15 is 0 Å². The Labute approximate surface area is 139 Å². The van der Waals surface area contributed by atoms with Gasteiger partial charge in [0.2, 0.25) is 5.95 Å². The molecule has 3 aromatic rings. The first-order valence-electron chi connectivity index (χ1n) is 7.83. The maximum atomic E-state index is 13.3. The Morgan fingerprint density at radius 2 is 1.83 bits per heavy atom. The summed E-state index contributed by atoms with van der Waals surface area (Å²) in [6, 6.07) is 12.7. The predicted molar refractivity (Wildman–Crippen MR) is 92.1 cm³/mol. The molecule has 1 aliphatic heterocycles. The SMILES string of the molecule is Cc1ccc(C2=C[C@H](c3ccc(F)cc3)n3ncnc3N2)cc1C. The molecule has 0 saturated heterocycles. The van der Waals surface area contributed by atoms with Gasteiger partial charge in [-0.15, -0.1) is 0 Å². The molecule has 0 spiro atoms. The molecule has 0 aliphatic carbocycles. The fourth-order valence-corrected chi connectivity index (χ4v) is 2.91. The van der Waals surface area contributed by atoms with Crippen LogP contribution in [0.2, 0.25) is 0 Å². The zero-order valence-corrected chi connectivity index (χ0v) is 13.5. The Hall–Kier alpha value is -2.95. The topological polar surface area (TPSA) is 42.7 Å². The lowest BCUT2D eigenvalue weighted by atomic mass is 9.99. The van der Waals surface area contributed by atoms with Crippen LogP contribution in [0.25, 0.3) is 5.70 Å². The maximum absolute atomic E-state index is 13.3. The highest BCUT2D eigenvalue weighted by molar-refractivity contribution is 5.77. The summed E-state index contributed by atoms with van der Waals surface area (Å²) in [5.41, 5.74) is 5.53. The molecule has 0 saturated carbocycles. The molecule has 0 fully saturated rings. The van der Waals surface area contributed by atoms with Crippen molar-refractivity contribution < 1.29 is 4.39 Å². The van der Waals surface area contributed by atoms with E-state index in [1.165, 1.54) is 29.6 Å². The minimum Gasteiger partial charge on any atom is -0.324 e. The van der Waals surface area contributed by atoms with Crippen LogP contribution >= 0.6 is 0 Å². The summed E-state index contributed by atoms with van der Waals surface area (Å²) in [6.07, 6.45) is 3.62. The van der Waals surface area contributed by atoms with Crippen LogP contribution in [0.15, 0.2) is 54.9 Å². The van der Waals surface area contributed by atoms with Crippen molar-refractivity contribution in [3.05, 3.63) is 82.9 Å². The Bertz CT molecular complexity index is 925. The summed E-state index contributed by atoms with van der Waals surface area (Å²) in [4.78, 5) is 4.29. The zero-order chi connectivity index (χ0) is 16.7. The molecule has 1 aromatic heterocycles. The molecule has 0 radical (unpaired) electrons. The zero-order valence-electron chi connectivity index (χ0n) is 13.5. The third kappa shape index (κ3) is 2.48. The number of allylic oxidation sites excluding steroid dienone is 1. The van der Waals surface area contributed by atoms with Gasteiger partial charge in [0.05, 0.1) is 0 Å². The highest BCUT2D eigenvalue weighted by atomic mass is 19.1. The maximum Gasteiger partial charge on any atom is 0.226 e. The number of nitrogens with one attached hydrogen (secondary N) is 1. The molecular weight excluding hydrogens is 303 g/mol. The van der Waals surface area contributed by atoms with E-state index in [2.05, 4.69) is 53.5 Å². The Morgan fingerprint density at radius 1 is 1.04 bits per heavy atom. The molecule has 0 unspecified atom stereocenters. The molecule has 1 N–H and O–H groups in total. The van der Waals surface area contributed by atoms with Crippen LogP contribution in [0, 0.1) is 19.7 Å². The van der Waals surface area contributed by atoms with Crippen LogP contribution in [-0.4, -0.2) is 14.8 Å². The summed E-state index contributed by atoms with van der Waals surface area (Å²) in [7, 11) is 0. The van der Waals surface area contributed by atoms with Crippen molar-refractivity contribution in [1.29, 1.82) is 0 Å². The second kappa shape index (κ2) is 5.60. The fraction of sp³-hybridized carbons (Fsp3) is 0.158. The number of hydrogen-bond acceptors (Lipinski definition) is 3. The van der Waals surface area contributed by atoms with E-state index < -0.39 is 0 Å². The molecule has 2 aromatic carbocycles. The number of nitrogens with zero attached hydrogens (tertiary/aromatic N) is 3. The van der Waals surface area contributed by atoms with Gasteiger partial charge in [0, 0.05) is 5.70 Å². The standard InChI is InChI=1S/C19H17FN4/c1-12-3-4-15(9-13(12)2)17-10-18(14-5-7-16(20)8-6-14)24-19(23-17)21-11-22-24/h3-11,18H,1-2H3,(H,21,22,23)/t18-/m1/s1. The molecule has 0 bridgehead atoms. The number of halogens is 1. The monoisotopic (exact) mass is 320 g/mol. The van der Waals surface area contributed by atoms with Crippen molar-refractivity contribution in [2.45, 2.75) is 19.9 Å². The number of aromatic nitrogens is 3. The van der Waals surface area contributed by atoms with Crippen molar-refractivity contribution in [2.24, 2.45) is 0 Å². The first-order valence-corrected chi connectivity index (χ1v) is 7.83. The van der Waals surface area contributed by atoms with E-state index in [1.807, 2.05) is 0 Å². The second-order valence-electron chi connectivity index (χ2n) is 6.03. The van der Waals surface area contributed by atoms with Crippen molar-refractivity contribution in [2.75, 3.05) is 5.32 Å². The lowest BCUT2D eigenvalue weighted by Gasteiger charge is -2.24. The first kappa shape index (κ1) is 14.6. The summed E-state index contributed by atoms with van der Waals surface area (Å²) in [6.45, 7) is 4.20. The summed E-state index contributed by atoms with van der Waals surface area (Å²) < 4.78 is 15.1. The van der Waals surface area contributed by atoms with Crippen LogP contribution in [0.1, 0.15) is 28.3 Å². The Balaban J connectivity index is 1.81. The van der Waals surface area contributed by atoms with Gasteiger partial charge in [-0.05, 0) is 60.4 Å². The van der Waals surface area contributed by atoms with E-state index in [9.17, 15) is 4.39 Å². The van der Waals surface area contributed by atoms with Crippen LogP contribution in [0.5, 0.6) is 0 Å². The van der Waals surface area contributed by atoms with Gasteiger partial charge < -0.3 is 5.32 Å². The summed E-state index contributed by atoms with van der Waals surface area (Å²) in [5.74, 6) is 0.435. The van der Waals surface area contributed by atoms with E-state index in [1.54, 1.807) is 16.8 Å². The van der Waals surface area contributed by atoms with Gasteiger partial charge in [-0.1, -0.05) is 24.3 Å². The summed E-state index contributed by atoms with van der Waals surface area (Å²) in [5, 5.41) is 7.63. The number of fused-ring (bicyclic) bond motifs is 1. The average Bonchev–Trinajstić information content (AvgIpc) is 3.06. The average molecular weight is 320 g/mol. The number of hydrogen-bond donors (Lipinski definition) is 1. The molecule has 4 rings (SSSR count). The number of aryl methyl sites for hydroxylation is 2. The van der Waals surface area contributed by atoms with Gasteiger partial charge >= 0.3 is 0 Å². The number of rotatable bonds is 2. The molecule has 0 amide bonds. The highest BCUT2D eigenvalue weighted by Gasteiger charge is 2.23.